The molecule has 0 aromatic carbocycles. The smallest absolute Gasteiger partial charge is 0.151 e. The summed E-state index contributed by atoms with van der Waals surface area (Å²) in [5.74, 6) is 2.04. The van der Waals surface area contributed by atoms with Gasteiger partial charge in [-0.2, -0.15) is 5.10 Å². The van der Waals surface area contributed by atoms with Crippen LogP contribution < -0.4 is 5.32 Å². The second kappa shape index (κ2) is 4.11. The highest BCUT2D eigenvalue weighted by Crippen LogP contribution is 2.33. The summed E-state index contributed by atoms with van der Waals surface area (Å²) >= 11 is 0. The second-order valence-electron chi connectivity index (χ2n) is 5.35. The van der Waals surface area contributed by atoms with E-state index in [9.17, 15) is 0 Å². The number of hydrogen-bond donors (Lipinski definition) is 2. The average Bonchev–Trinajstić information content (AvgIpc) is 3.01. The van der Waals surface area contributed by atoms with E-state index in [2.05, 4.69) is 22.4 Å². The van der Waals surface area contributed by atoms with Crippen molar-refractivity contribution in [2.75, 3.05) is 5.32 Å². The zero-order chi connectivity index (χ0) is 11.0. The van der Waals surface area contributed by atoms with Gasteiger partial charge in [-0.25, -0.2) is 0 Å². The Morgan fingerprint density at radius 2 is 2.25 bits per heavy atom. The Bertz CT molecular complexity index is 365. The van der Waals surface area contributed by atoms with Crippen molar-refractivity contribution in [3.63, 3.8) is 0 Å². The number of aryl methyl sites for hydroxylation is 1. The first-order valence-electron chi connectivity index (χ1n) is 6.69. The van der Waals surface area contributed by atoms with Gasteiger partial charge >= 0.3 is 0 Å². The van der Waals surface area contributed by atoms with Crippen LogP contribution in [-0.2, 0) is 12.8 Å². The lowest BCUT2D eigenvalue weighted by Crippen LogP contribution is -2.15. The highest BCUT2D eigenvalue weighted by Gasteiger charge is 2.27. The van der Waals surface area contributed by atoms with Crippen molar-refractivity contribution < 1.29 is 0 Å². The van der Waals surface area contributed by atoms with Gasteiger partial charge in [-0.3, -0.25) is 5.10 Å². The molecular formula is C13H21N3. The fourth-order valence-electron chi connectivity index (χ4n) is 2.76. The van der Waals surface area contributed by atoms with Gasteiger partial charge < -0.3 is 5.32 Å². The molecule has 3 heteroatoms. The first-order valence-corrected chi connectivity index (χ1v) is 6.69. The molecule has 88 valence electrons. The maximum absolute atomic E-state index is 4.44. The predicted molar refractivity (Wildman–Crippen MR) is 65.7 cm³/mol. The van der Waals surface area contributed by atoms with Crippen LogP contribution in [0.25, 0.3) is 0 Å². The quantitative estimate of drug-likeness (QED) is 0.817. The van der Waals surface area contributed by atoms with E-state index < -0.39 is 0 Å². The molecule has 0 bridgehead atoms. The molecule has 1 aromatic rings. The Labute approximate surface area is 97.0 Å². The molecule has 0 spiro atoms. The van der Waals surface area contributed by atoms with Crippen molar-refractivity contribution in [1.82, 2.24) is 10.2 Å². The van der Waals surface area contributed by atoms with Crippen molar-refractivity contribution in [2.45, 2.75) is 57.9 Å². The van der Waals surface area contributed by atoms with Crippen molar-refractivity contribution >= 4 is 5.82 Å². The van der Waals surface area contributed by atoms with Crippen LogP contribution in [0.15, 0.2) is 0 Å². The Morgan fingerprint density at radius 1 is 1.38 bits per heavy atom. The largest absolute Gasteiger partial charge is 0.366 e. The third-order valence-electron chi connectivity index (χ3n) is 3.86. The van der Waals surface area contributed by atoms with Crippen LogP contribution in [0.4, 0.5) is 5.82 Å². The number of nitrogens with zero attached hydrogens (tertiary/aromatic N) is 1. The maximum Gasteiger partial charge on any atom is 0.151 e. The minimum absolute atomic E-state index is 0.707. The number of aromatic amines is 1. The molecule has 2 N–H and O–H groups in total. The van der Waals surface area contributed by atoms with E-state index in [4.69, 9.17) is 0 Å². The highest BCUT2D eigenvalue weighted by atomic mass is 15.2. The van der Waals surface area contributed by atoms with Crippen LogP contribution in [0.3, 0.4) is 0 Å². The Morgan fingerprint density at radius 3 is 3.00 bits per heavy atom. The third-order valence-corrected chi connectivity index (χ3v) is 3.86. The van der Waals surface area contributed by atoms with Gasteiger partial charge in [0.2, 0.25) is 0 Å². The van der Waals surface area contributed by atoms with Gasteiger partial charge in [0.15, 0.2) is 5.82 Å². The predicted octanol–water partition coefficient (Wildman–Crippen LogP) is 2.89. The normalized spacial score (nSPS) is 24.2. The molecule has 0 amide bonds. The minimum atomic E-state index is 0.707. The van der Waals surface area contributed by atoms with Crippen LogP contribution in [0.1, 0.15) is 50.3 Å². The fourth-order valence-corrected chi connectivity index (χ4v) is 2.76. The number of anilines is 1. The van der Waals surface area contributed by atoms with E-state index >= 15 is 0 Å². The van der Waals surface area contributed by atoms with Gasteiger partial charge in [0.25, 0.3) is 0 Å². The second-order valence-corrected chi connectivity index (χ2v) is 5.35. The summed E-state index contributed by atoms with van der Waals surface area (Å²) in [6.45, 7) is 2.29. The summed E-state index contributed by atoms with van der Waals surface area (Å²) in [4.78, 5) is 0. The molecule has 1 heterocycles. The van der Waals surface area contributed by atoms with Crippen molar-refractivity contribution in [3.05, 3.63) is 11.3 Å². The minimum Gasteiger partial charge on any atom is -0.366 e. The lowest BCUT2D eigenvalue weighted by molar-refractivity contribution is 0.421. The molecule has 0 radical (unpaired) electrons. The number of fused-ring (bicyclic) bond motifs is 1. The first-order chi connectivity index (χ1) is 7.86. The molecule has 2 aliphatic carbocycles. The van der Waals surface area contributed by atoms with E-state index in [0.717, 1.165) is 11.7 Å². The van der Waals surface area contributed by atoms with Crippen molar-refractivity contribution in [1.29, 1.82) is 0 Å². The fraction of sp³-hybridized carbons (Fsp3) is 0.769. The molecule has 16 heavy (non-hydrogen) atoms. The molecule has 0 saturated heterocycles. The molecule has 1 fully saturated rings. The molecule has 1 atom stereocenters. The van der Waals surface area contributed by atoms with E-state index in [1.165, 1.54) is 56.2 Å². The monoisotopic (exact) mass is 219 g/mol. The SMILES string of the molecule is CCCC1CCc2[nH]nc(NC3CC3)c2C1. The molecule has 0 aliphatic heterocycles. The molecule has 1 saturated carbocycles. The zero-order valence-electron chi connectivity index (χ0n) is 10.1. The summed E-state index contributed by atoms with van der Waals surface area (Å²) in [6.07, 6.45) is 9.08. The van der Waals surface area contributed by atoms with Gasteiger partial charge in [0.05, 0.1) is 0 Å². The van der Waals surface area contributed by atoms with Crippen LogP contribution in [0.2, 0.25) is 0 Å². The molecule has 1 unspecified atom stereocenters. The topological polar surface area (TPSA) is 40.7 Å². The Balaban J connectivity index is 1.74. The van der Waals surface area contributed by atoms with Crippen LogP contribution in [0, 0.1) is 5.92 Å². The summed E-state index contributed by atoms with van der Waals surface area (Å²) in [5.41, 5.74) is 2.87. The van der Waals surface area contributed by atoms with Crippen LogP contribution in [-0.4, -0.2) is 16.2 Å². The lowest BCUT2D eigenvalue weighted by atomic mass is 9.84. The van der Waals surface area contributed by atoms with E-state index in [0.29, 0.717) is 6.04 Å². The molecule has 3 rings (SSSR count). The van der Waals surface area contributed by atoms with Gasteiger partial charge in [-0.1, -0.05) is 19.8 Å². The number of rotatable bonds is 4. The summed E-state index contributed by atoms with van der Waals surface area (Å²) in [6, 6.07) is 0.707. The molecule has 3 nitrogen and oxygen atoms in total. The number of nitrogens with one attached hydrogen (secondary N) is 2. The van der Waals surface area contributed by atoms with E-state index in [1.54, 1.807) is 0 Å². The zero-order valence-corrected chi connectivity index (χ0v) is 10.1. The Hall–Kier alpha value is -0.990. The summed E-state index contributed by atoms with van der Waals surface area (Å²) in [5, 5.41) is 11.2. The van der Waals surface area contributed by atoms with E-state index in [-0.39, 0.29) is 0 Å². The number of aromatic nitrogens is 2. The molecule has 1 aromatic heterocycles. The van der Waals surface area contributed by atoms with Gasteiger partial charge in [0.1, 0.15) is 0 Å². The van der Waals surface area contributed by atoms with Crippen molar-refractivity contribution in [2.24, 2.45) is 5.92 Å². The van der Waals surface area contributed by atoms with Gasteiger partial charge in [-0.05, 0) is 38.0 Å². The molecule has 2 aliphatic rings. The van der Waals surface area contributed by atoms with Crippen LogP contribution in [0.5, 0.6) is 0 Å². The standard InChI is InChI=1S/C13H21N3/c1-2-3-9-4-7-12-11(8-9)13(16-15-12)14-10-5-6-10/h9-10H,2-8H2,1H3,(H2,14,15,16). The summed E-state index contributed by atoms with van der Waals surface area (Å²) in [7, 11) is 0. The molecular weight excluding hydrogens is 198 g/mol. The van der Waals surface area contributed by atoms with Crippen LogP contribution >= 0.6 is 0 Å². The number of hydrogen-bond acceptors (Lipinski definition) is 2. The van der Waals surface area contributed by atoms with Crippen molar-refractivity contribution in [3.8, 4) is 0 Å². The summed E-state index contributed by atoms with van der Waals surface area (Å²) < 4.78 is 0. The number of H-pyrrole nitrogens is 1. The highest BCUT2D eigenvalue weighted by molar-refractivity contribution is 5.49. The Kier molecular flexibility index (Phi) is 2.62. The third kappa shape index (κ3) is 1.95. The first kappa shape index (κ1) is 10.2. The van der Waals surface area contributed by atoms with Gasteiger partial charge in [0, 0.05) is 17.3 Å². The lowest BCUT2D eigenvalue weighted by Gasteiger charge is -2.21. The van der Waals surface area contributed by atoms with Gasteiger partial charge in [-0.15, -0.1) is 0 Å². The van der Waals surface area contributed by atoms with E-state index in [1.807, 2.05) is 0 Å². The maximum atomic E-state index is 4.44. The average molecular weight is 219 g/mol.